The van der Waals surface area contributed by atoms with Gasteiger partial charge in [-0.1, -0.05) is 0 Å². The Hall–Kier alpha value is -0.480. The van der Waals surface area contributed by atoms with Crippen molar-refractivity contribution in [1.29, 1.82) is 0 Å². The lowest BCUT2D eigenvalue weighted by molar-refractivity contribution is -0.492. The van der Waals surface area contributed by atoms with E-state index in [1.807, 2.05) is 10.2 Å². The molecule has 0 bridgehead atoms. The molecule has 1 aromatic rings. The van der Waals surface area contributed by atoms with Crippen molar-refractivity contribution < 1.29 is 8.77 Å². The largest absolute Gasteiger partial charge is 0.297 e. The lowest BCUT2D eigenvalue weighted by Gasteiger charge is -1.90. The molecule has 5 heteroatoms. The van der Waals surface area contributed by atoms with Gasteiger partial charge in [0, 0.05) is 0 Å². The third kappa shape index (κ3) is 2.95. The van der Waals surface area contributed by atoms with Gasteiger partial charge in [-0.25, -0.2) is 4.98 Å². The van der Waals surface area contributed by atoms with Crippen LogP contribution in [0.3, 0.4) is 0 Å². The van der Waals surface area contributed by atoms with Crippen molar-refractivity contribution >= 4 is 29.3 Å². The number of ketones is 1. The molecule has 1 N–H and O–H groups in total. The Morgan fingerprint density at radius 3 is 3.09 bits per heavy atom. The molecule has 0 spiro atoms. The molecule has 0 saturated carbocycles. The van der Waals surface area contributed by atoms with Crippen LogP contribution in [0, 0.1) is 0 Å². The predicted molar refractivity (Wildman–Crippen MR) is 44.6 cm³/mol. The Balaban J connectivity index is 2.29. The van der Waals surface area contributed by atoms with Gasteiger partial charge in [-0.05, 0) is 0 Å². The standard InChI is InChI=1S/C6H7ClN2OS/c7-3-6(10)4-11-9-2-1-8-5-9/h1-2,5H,3-4H2/p+1. The van der Waals surface area contributed by atoms with E-state index in [-0.39, 0.29) is 11.7 Å². The van der Waals surface area contributed by atoms with Crippen LogP contribution >= 0.6 is 23.5 Å². The SMILES string of the molecule is O=C(CCl)CS[n+]1cc[nH]c1. The molecule has 0 amide bonds. The number of aromatic amines is 1. The number of alkyl halides is 1. The number of halogens is 1. The first-order valence-corrected chi connectivity index (χ1v) is 4.55. The van der Waals surface area contributed by atoms with Crippen molar-refractivity contribution in [2.45, 2.75) is 0 Å². The van der Waals surface area contributed by atoms with E-state index in [1.54, 1.807) is 12.5 Å². The van der Waals surface area contributed by atoms with E-state index >= 15 is 0 Å². The minimum absolute atomic E-state index is 0.0466. The molecule has 1 heterocycles. The van der Waals surface area contributed by atoms with Gasteiger partial charge in [-0.2, -0.15) is 3.97 Å². The van der Waals surface area contributed by atoms with E-state index in [0.717, 1.165) is 0 Å². The highest BCUT2D eigenvalue weighted by Gasteiger charge is 2.03. The van der Waals surface area contributed by atoms with Gasteiger partial charge >= 0.3 is 0 Å². The van der Waals surface area contributed by atoms with Crippen molar-refractivity contribution in [2.75, 3.05) is 11.6 Å². The van der Waals surface area contributed by atoms with Crippen molar-refractivity contribution in [3.05, 3.63) is 18.7 Å². The summed E-state index contributed by atoms with van der Waals surface area (Å²) < 4.78 is 1.82. The maximum absolute atomic E-state index is 10.7. The molecule has 0 radical (unpaired) electrons. The highest BCUT2D eigenvalue weighted by atomic mass is 35.5. The molecule has 60 valence electrons. The number of aromatic nitrogens is 2. The van der Waals surface area contributed by atoms with Gasteiger partial charge in [0.05, 0.1) is 23.6 Å². The van der Waals surface area contributed by atoms with Gasteiger partial charge in [0.1, 0.15) is 12.4 Å². The van der Waals surface area contributed by atoms with Crippen molar-refractivity contribution in [3.8, 4) is 0 Å². The number of Topliss-reactive ketones (excluding diaryl/α,β-unsaturated/α-hetero) is 1. The summed E-state index contributed by atoms with van der Waals surface area (Å²) in [5.74, 6) is 0.564. The van der Waals surface area contributed by atoms with Crippen LogP contribution in [0.2, 0.25) is 0 Å². The number of rotatable bonds is 4. The van der Waals surface area contributed by atoms with Crippen LogP contribution in [0.4, 0.5) is 0 Å². The zero-order valence-electron chi connectivity index (χ0n) is 5.79. The Morgan fingerprint density at radius 1 is 1.73 bits per heavy atom. The highest BCUT2D eigenvalue weighted by Crippen LogP contribution is 1.93. The minimum Gasteiger partial charge on any atom is -0.297 e. The molecule has 0 aliphatic rings. The second kappa shape index (κ2) is 4.41. The van der Waals surface area contributed by atoms with E-state index in [2.05, 4.69) is 4.98 Å². The predicted octanol–water partition coefficient (Wildman–Crippen LogP) is 0.606. The number of hydrogen-bond acceptors (Lipinski definition) is 2. The first-order chi connectivity index (χ1) is 5.33. The molecule has 0 saturated heterocycles. The summed E-state index contributed by atoms with van der Waals surface area (Å²) in [6.45, 7) is 0. The van der Waals surface area contributed by atoms with Crippen LogP contribution in [-0.4, -0.2) is 22.4 Å². The zero-order valence-corrected chi connectivity index (χ0v) is 7.36. The third-order valence-corrected chi connectivity index (χ3v) is 2.32. The summed E-state index contributed by atoms with van der Waals surface area (Å²) >= 11 is 6.72. The molecule has 0 aromatic carbocycles. The van der Waals surface area contributed by atoms with Crippen LogP contribution in [0.1, 0.15) is 0 Å². The Labute approximate surface area is 73.9 Å². The fourth-order valence-electron chi connectivity index (χ4n) is 0.541. The molecule has 11 heavy (non-hydrogen) atoms. The van der Waals surface area contributed by atoms with Crippen LogP contribution < -0.4 is 3.97 Å². The number of H-pyrrole nitrogens is 1. The summed E-state index contributed by atoms with van der Waals surface area (Å²) in [7, 11) is 0. The van der Waals surface area contributed by atoms with Gasteiger partial charge in [0.2, 0.25) is 0 Å². The molecular formula is C6H8ClN2OS+. The quantitative estimate of drug-likeness (QED) is 0.559. The summed E-state index contributed by atoms with van der Waals surface area (Å²) in [5, 5.41) is 0. The molecule has 0 fully saturated rings. The number of carbonyl (C=O) groups is 1. The Bertz CT molecular complexity index is 224. The summed E-state index contributed by atoms with van der Waals surface area (Å²) in [4.78, 5) is 13.6. The fourth-order valence-corrected chi connectivity index (χ4v) is 1.43. The average molecular weight is 192 g/mol. The lowest BCUT2D eigenvalue weighted by Crippen LogP contribution is -2.23. The second-order valence-corrected chi connectivity index (χ2v) is 3.15. The van der Waals surface area contributed by atoms with Gasteiger partial charge < -0.3 is 0 Å². The summed E-state index contributed by atoms with van der Waals surface area (Å²) in [6.07, 6.45) is 5.40. The van der Waals surface area contributed by atoms with Crippen LogP contribution in [0.5, 0.6) is 0 Å². The average Bonchev–Trinajstić information content (AvgIpc) is 2.52. The lowest BCUT2D eigenvalue weighted by atomic mass is 10.5. The van der Waals surface area contributed by atoms with Gasteiger partial charge in [-0.3, -0.25) is 4.79 Å². The second-order valence-electron chi connectivity index (χ2n) is 1.92. The fraction of sp³-hybridized carbons (Fsp3) is 0.333. The number of nitrogens with one attached hydrogen (secondary N) is 1. The number of carbonyl (C=O) groups excluding carboxylic acids is 1. The van der Waals surface area contributed by atoms with E-state index in [0.29, 0.717) is 5.75 Å². The van der Waals surface area contributed by atoms with Crippen molar-refractivity contribution in [2.24, 2.45) is 0 Å². The molecule has 0 aliphatic carbocycles. The van der Waals surface area contributed by atoms with Gasteiger partial charge in [-0.15, -0.1) is 11.6 Å². The topological polar surface area (TPSA) is 36.7 Å². The smallest absolute Gasteiger partial charge is 0.253 e. The van der Waals surface area contributed by atoms with E-state index in [9.17, 15) is 4.79 Å². The maximum atomic E-state index is 10.7. The van der Waals surface area contributed by atoms with E-state index < -0.39 is 0 Å². The van der Waals surface area contributed by atoms with Crippen molar-refractivity contribution in [1.82, 2.24) is 4.98 Å². The molecule has 3 nitrogen and oxygen atoms in total. The minimum atomic E-state index is 0.0466. The number of hydrogen-bond donors (Lipinski definition) is 1. The zero-order chi connectivity index (χ0) is 8.10. The first kappa shape index (κ1) is 8.62. The van der Waals surface area contributed by atoms with Crippen molar-refractivity contribution in [3.63, 3.8) is 0 Å². The monoisotopic (exact) mass is 191 g/mol. The highest BCUT2D eigenvalue weighted by molar-refractivity contribution is 7.93. The molecule has 0 atom stereocenters. The molecule has 1 aromatic heterocycles. The Kier molecular flexibility index (Phi) is 3.45. The van der Waals surface area contributed by atoms with Gasteiger partial charge in [0.15, 0.2) is 5.78 Å². The van der Waals surface area contributed by atoms with E-state index in [1.165, 1.54) is 11.9 Å². The van der Waals surface area contributed by atoms with E-state index in [4.69, 9.17) is 11.6 Å². The molecular weight excluding hydrogens is 184 g/mol. The summed E-state index contributed by atoms with van der Waals surface area (Å²) in [5.41, 5.74) is 0. The molecule has 0 unspecified atom stereocenters. The number of nitrogens with zero attached hydrogens (tertiary/aromatic N) is 1. The maximum Gasteiger partial charge on any atom is 0.253 e. The summed E-state index contributed by atoms with van der Waals surface area (Å²) in [6, 6.07) is 0. The van der Waals surface area contributed by atoms with Crippen LogP contribution in [0.15, 0.2) is 18.7 Å². The Morgan fingerprint density at radius 2 is 2.55 bits per heavy atom. The third-order valence-electron chi connectivity index (χ3n) is 1.04. The first-order valence-electron chi connectivity index (χ1n) is 3.08. The van der Waals surface area contributed by atoms with Gasteiger partial charge in [0.25, 0.3) is 6.33 Å². The molecule has 1 rings (SSSR count). The normalized spacial score (nSPS) is 9.91. The van der Waals surface area contributed by atoms with Crippen LogP contribution in [0.25, 0.3) is 0 Å². The van der Waals surface area contributed by atoms with Crippen LogP contribution in [-0.2, 0) is 4.79 Å². The number of imidazole rings is 1. The molecule has 0 aliphatic heterocycles.